The minimum atomic E-state index is -0.993. The third-order valence-corrected chi connectivity index (χ3v) is 2.77. The molecule has 4 N–H and O–H groups in total. The maximum absolute atomic E-state index is 11.7. The van der Waals surface area contributed by atoms with Gasteiger partial charge in [0.25, 0.3) is 0 Å². The largest absolute Gasteiger partial charge is 0.481 e. The van der Waals surface area contributed by atoms with E-state index in [1.54, 1.807) is 0 Å². The summed E-state index contributed by atoms with van der Waals surface area (Å²) in [7, 11) is 1.52. The number of ether oxygens (including phenoxy) is 1. The van der Waals surface area contributed by atoms with Crippen molar-refractivity contribution in [3.63, 3.8) is 0 Å². The highest BCUT2D eigenvalue weighted by molar-refractivity contribution is 5.84. The fraction of sp³-hybridized carbons (Fsp3) is 0.769. The van der Waals surface area contributed by atoms with Gasteiger partial charge in [-0.1, -0.05) is 20.8 Å². The number of carboxylic acids is 1. The maximum Gasteiger partial charge on any atom is 0.315 e. The van der Waals surface area contributed by atoms with Crippen molar-refractivity contribution in [2.24, 2.45) is 5.41 Å². The van der Waals surface area contributed by atoms with Crippen LogP contribution in [0.2, 0.25) is 0 Å². The maximum atomic E-state index is 11.7. The lowest BCUT2D eigenvalue weighted by molar-refractivity contribution is -0.138. The molecule has 8 heteroatoms. The predicted molar refractivity (Wildman–Crippen MR) is 76.9 cm³/mol. The molecule has 21 heavy (non-hydrogen) atoms. The fourth-order valence-corrected chi connectivity index (χ4v) is 1.47. The lowest BCUT2D eigenvalue weighted by atomic mass is 9.85. The van der Waals surface area contributed by atoms with Gasteiger partial charge in [0.05, 0.1) is 19.6 Å². The quantitative estimate of drug-likeness (QED) is 0.469. The number of hydrogen-bond donors (Lipinski definition) is 4. The standard InChI is InChI=1S/C13H25N3O5/c1-13(2,3)9(7-11(18)19)16-12(20)15-8-10(17)14-5-6-21-4/h9H,5-8H2,1-4H3,(H,14,17)(H,18,19)(H2,15,16,20). The van der Waals surface area contributed by atoms with E-state index in [1.165, 1.54) is 7.11 Å². The van der Waals surface area contributed by atoms with Gasteiger partial charge in [0.2, 0.25) is 5.91 Å². The second kappa shape index (κ2) is 9.17. The van der Waals surface area contributed by atoms with E-state index >= 15 is 0 Å². The third kappa shape index (κ3) is 9.67. The van der Waals surface area contributed by atoms with Crippen LogP contribution in [0.25, 0.3) is 0 Å². The summed E-state index contributed by atoms with van der Waals surface area (Å²) in [6, 6.07) is -1.11. The topological polar surface area (TPSA) is 117 Å². The summed E-state index contributed by atoms with van der Waals surface area (Å²) < 4.78 is 4.77. The van der Waals surface area contributed by atoms with Crippen LogP contribution >= 0.6 is 0 Å². The van der Waals surface area contributed by atoms with Gasteiger partial charge in [-0.3, -0.25) is 9.59 Å². The lowest BCUT2D eigenvalue weighted by Gasteiger charge is -2.30. The zero-order valence-corrected chi connectivity index (χ0v) is 13.0. The van der Waals surface area contributed by atoms with Crippen molar-refractivity contribution >= 4 is 17.9 Å². The van der Waals surface area contributed by atoms with E-state index in [0.717, 1.165) is 0 Å². The Labute approximate surface area is 124 Å². The van der Waals surface area contributed by atoms with Gasteiger partial charge in [-0.2, -0.15) is 0 Å². The minimum absolute atomic E-state index is 0.181. The first-order valence-corrected chi connectivity index (χ1v) is 6.68. The highest BCUT2D eigenvalue weighted by Gasteiger charge is 2.28. The van der Waals surface area contributed by atoms with Gasteiger partial charge in [0.1, 0.15) is 0 Å². The zero-order valence-electron chi connectivity index (χ0n) is 13.0. The van der Waals surface area contributed by atoms with Crippen LogP contribution in [0.5, 0.6) is 0 Å². The molecule has 0 rings (SSSR count). The SMILES string of the molecule is COCCNC(=O)CNC(=O)NC(CC(=O)O)C(C)(C)C. The molecule has 1 unspecified atom stereocenters. The molecule has 0 saturated heterocycles. The number of urea groups is 1. The van der Waals surface area contributed by atoms with E-state index < -0.39 is 23.5 Å². The Morgan fingerprint density at radius 1 is 1.19 bits per heavy atom. The Morgan fingerprint density at radius 2 is 1.81 bits per heavy atom. The molecule has 0 saturated carbocycles. The average Bonchev–Trinajstić information content (AvgIpc) is 2.34. The molecule has 122 valence electrons. The minimum Gasteiger partial charge on any atom is -0.481 e. The van der Waals surface area contributed by atoms with Gasteiger partial charge in [-0.15, -0.1) is 0 Å². The molecule has 0 aromatic heterocycles. The highest BCUT2D eigenvalue weighted by atomic mass is 16.5. The molecule has 0 aromatic carbocycles. The Balaban J connectivity index is 4.20. The highest BCUT2D eigenvalue weighted by Crippen LogP contribution is 2.21. The molecule has 1 atom stereocenters. The summed E-state index contributed by atoms with van der Waals surface area (Å²) in [5.74, 6) is -1.33. The predicted octanol–water partition coefficient (Wildman–Crippen LogP) is -0.0624. The van der Waals surface area contributed by atoms with Gasteiger partial charge in [0.15, 0.2) is 0 Å². The summed E-state index contributed by atoms with van der Waals surface area (Å²) >= 11 is 0. The molecule has 0 aliphatic heterocycles. The second-order valence-electron chi connectivity index (χ2n) is 5.69. The van der Waals surface area contributed by atoms with Crippen molar-refractivity contribution in [2.45, 2.75) is 33.2 Å². The number of carbonyl (C=O) groups is 3. The van der Waals surface area contributed by atoms with Crippen LogP contribution in [0.4, 0.5) is 4.79 Å². The van der Waals surface area contributed by atoms with E-state index in [4.69, 9.17) is 9.84 Å². The third-order valence-electron chi connectivity index (χ3n) is 2.77. The van der Waals surface area contributed by atoms with Crippen LogP contribution in [0.1, 0.15) is 27.2 Å². The fourth-order valence-electron chi connectivity index (χ4n) is 1.47. The Kier molecular flexibility index (Phi) is 8.37. The van der Waals surface area contributed by atoms with E-state index in [9.17, 15) is 14.4 Å². The summed E-state index contributed by atoms with van der Waals surface area (Å²) in [6.07, 6.45) is -0.184. The number of rotatable bonds is 8. The first kappa shape index (κ1) is 19.2. The molecule has 0 aliphatic rings. The molecule has 0 fully saturated rings. The van der Waals surface area contributed by atoms with Crippen LogP contribution in [-0.4, -0.2) is 55.9 Å². The number of nitrogens with one attached hydrogen (secondary N) is 3. The summed E-state index contributed by atoms with van der Waals surface area (Å²) in [6.45, 7) is 6.07. The average molecular weight is 303 g/mol. The molecule has 0 aliphatic carbocycles. The number of carbonyl (C=O) groups excluding carboxylic acids is 2. The Morgan fingerprint density at radius 3 is 2.29 bits per heavy atom. The van der Waals surface area contributed by atoms with Crippen LogP contribution < -0.4 is 16.0 Å². The molecule has 0 radical (unpaired) electrons. The van der Waals surface area contributed by atoms with Crippen molar-refractivity contribution in [1.29, 1.82) is 0 Å². The second-order valence-corrected chi connectivity index (χ2v) is 5.69. The van der Waals surface area contributed by atoms with E-state index in [2.05, 4.69) is 16.0 Å². The van der Waals surface area contributed by atoms with Crippen LogP contribution in [0.15, 0.2) is 0 Å². The number of amides is 3. The summed E-state index contributed by atoms with van der Waals surface area (Å²) in [5.41, 5.74) is -0.406. The molecule has 0 aromatic rings. The molecular weight excluding hydrogens is 278 g/mol. The summed E-state index contributed by atoms with van der Waals surface area (Å²) in [4.78, 5) is 33.9. The van der Waals surface area contributed by atoms with Crippen molar-refractivity contribution in [2.75, 3.05) is 26.8 Å². The molecule has 3 amide bonds. The number of carboxylic acid groups (broad SMARTS) is 1. The van der Waals surface area contributed by atoms with Crippen LogP contribution in [0.3, 0.4) is 0 Å². The Hall–Kier alpha value is -1.83. The number of aliphatic carboxylic acids is 1. The number of hydrogen-bond acceptors (Lipinski definition) is 4. The van der Waals surface area contributed by atoms with Crippen molar-refractivity contribution in [3.05, 3.63) is 0 Å². The number of methoxy groups -OCH3 is 1. The van der Waals surface area contributed by atoms with Gasteiger partial charge in [-0.05, 0) is 5.41 Å². The molecule has 0 heterocycles. The van der Waals surface area contributed by atoms with Crippen molar-refractivity contribution < 1.29 is 24.2 Å². The normalized spacial score (nSPS) is 12.4. The molecule has 0 spiro atoms. The molecule has 0 bridgehead atoms. The van der Waals surface area contributed by atoms with Gasteiger partial charge < -0.3 is 25.8 Å². The summed E-state index contributed by atoms with van der Waals surface area (Å²) in [5, 5.41) is 16.4. The smallest absolute Gasteiger partial charge is 0.315 e. The van der Waals surface area contributed by atoms with E-state index in [-0.39, 0.29) is 18.9 Å². The van der Waals surface area contributed by atoms with Crippen LogP contribution in [0, 0.1) is 5.41 Å². The lowest BCUT2D eigenvalue weighted by Crippen LogP contribution is -2.50. The molecular formula is C13H25N3O5. The zero-order chi connectivity index (χ0) is 16.5. The molecule has 8 nitrogen and oxygen atoms in total. The van der Waals surface area contributed by atoms with Crippen molar-refractivity contribution in [1.82, 2.24) is 16.0 Å². The monoisotopic (exact) mass is 303 g/mol. The first-order valence-electron chi connectivity index (χ1n) is 6.68. The van der Waals surface area contributed by atoms with Gasteiger partial charge >= 0.3 is 12.0 Å². The first-order chi connectivity index (χ1) is 9.66. The van der Waals surface area contributed by atoms with Gasteiger partial charge in [0, 0.05) is 19.7 Å². The van der Waals surface area contributed by atoms with Gasteiger partial charge in [-0.25, -0.2) is 4.79 Å². The van der Waals surface area contributed by atoms with E-state index in [0.29, 0.717) is 13.2 Å². The van der Waals surface area contributed by atoms with Crippen LogP contribution in [-0.2, 0) is 14.3 Å². The van der Waals surface area contributed by atoms with Crippen molar-refractivity contribution in [3.8, 4) is 0 Å². The van der Waals surface area contributed by atoms with E-state index in [1.807, 2.05) is 20.8 Å². The Bertz CT molecular complexity index is 365.